The van der Waals surface area contributed by atoms with Gasteiger partial charge in [0.15, 0.2) is 0 Å². The van der Waals surface area contributed by atoms with E-state index in [0.717, 1.165) is 31.4 Å². The van der Waals surface area contributed by atoms with Gasteiger partial charge < -0.3 is 9.84 Å². The topological polar surface area (TPSA) is 29.5 Å². The van der Waals surface area contributed by atoms with Crippen LogP contribution in [0.4, 0.5) is 0 Å². The molecule has 1 N–H and O–H groups in total. The molecule has 0 heterocycles. The van der Waals surface area contributed by atoms with Gasteiger partial charge in [0, 0.05) is 0 Å². The van der Waals surface area contributed by atoms with E-state index in [1.54, 1.807) is 0 Å². The molecule has 2 aromatic carbocycles. The van der Waals surface area contributed by atoms with Crippen molar-refractivity contribution in [3.8, 4) is 5.75 Å². The summed E-state index contributed by atoms with van der Waals surface area (Å²) < 4.78 is 6.46. The van der Waals surface area contributed by atoms with Crippen LogP contribution in [0.3, 0.4) is 0 Å². The monoisotopic (exact) mass is 464 g/mol. The molecule has 0 saturated heterocycles. The molecule has 1 aliphatic rings. The summed E-state index contributed by atoms with van der Waals surface area (Å²) >= 11 is 0. The number of aliphatic hydroxyl groups excluding tert-OH is 1. The molecule has 0 aromatic heterocycles. The number of rotatable bonds is 14. The average molecular weight is 465 g/mol. The van der Waals surface area contributed by atoms with Gasteiger partial charge in [0.05, 0.1) is 6.10 Å². The van der Waals surface area contributed by atoms with E-state index in [0.29, 0.717) is 12.5 Å². The highest BCUT2D eigenvalue weighted by Gasteiger charge is 2.27. The fraction of sp³-hybridized carbons (Fsp3) is 0.625. The van der Waals surface area contributed by atoms with E-state index in [2.05, 4.69) is 63.2 Å². The quantitative estimate of drug-likeness (QED) is 0.282. The van der Waals surface area contributed by atoms with Crippen molar-refractivity contribution in [2.24, 2.45) is 0 Å². The second-order valence-electron chi connectivity index (χ2n) is 11.2. The summed E-state index contributed by atoms with van der Waals surface area (Å²) in [6.45, 7) is 7.64. The lowest BCUT2D eigenvalue weighted by molar-refractivity contribution is 0.118. The summed E-state index contributed by atoms with van der Waals surface area (Å²) in [5.74, 6) is 1.41. The van der Waals surface area contributed by atoms with Crippen LogP contribution in [0.2, 0.25) is 0 Å². The minimum absolute atomic E-state index is 0.137. The number of hydrogen-bond donors (Lipinski definition) is 1. The molecule has 0 aliphatic heterocycles. The van der Waals surface area contributed by atoms with Crippen molar-refractivity contribution >= 4 is 0 Å². The first kappa shape index (κ1) is 26.8. The summed E-state index contributed by atoms with van der Waals surface area (Å²) in [5, 5.41) is 10.3. The van der Waals surface area contributed by atoms with Gasteiger partial charge in [-0.15, -0.1) is 0 Å². The summed E-state index contributed by atoms with van der Waals surface area (Å²) in [5.41, 5.74) is 3.98. The van der Waals surface area contributed by atoms with Crippen LogP contribution in [0.1, 0.15) is 127 Å². The Hall–Kier alpha value is -1.80. The Bertz CT molecular complexity index is 826. The van der Waals surface area contributed by atoms with Crippen LogP contribution in [0.5, 0.6) is 5.75 Å². The second-order valence-corrected chi connectivity index (χ2v) is 11.2. The van der Waals surface area contributed by atoms with Gasteiger partial charge in [0.1, 0.15) is 12.4 Å². The predicted octanol–water partition coefficient (Wildman–Crippen LogP) is 9.09. The van der Waals surface area contributed by atoms with Gasteiger partial charge in [0.2, 0.25) is 0 Å². The summed E-state index contributed by atoms with van der Waals surface area (Å²) in [6.07, 6.45) is 15.9. The number of hydrogen-bond acceptors (Lipinski definition) is 2. The van der Waals surface area contributed by atoms with Gasteiger partial charge in [-0.3, -0.25) is 0 Å². The number of unbranched alkanes of at least 4 members (excludes halogenated alkanes) is 7. The van der Waals surface area contributed by atoms with Gasteiger partial charge in [-0.1, -0.05) is 121 Å². The fourth-order valence-electron chi connectivity index (χ4n) is 5.44. The van der Waals surface area contributed by atoms with Crippen LogP contribution in [-0.4, -0.2) is 11.2 Å². The molecular formula is C32H48O2. The van der Waals surface area contributed by atoms with Crippen LogP contribution in [0.25, 0.3) is 0 Å². The normalized spacial score (nSPS) is 18.7. The zero-order valence-electron chi connectivity index (χ0n) is 22.0. The van der Waals surface area contributed by atoms with Crippen LogP contribution in [-0.2, 0) is 12.0 Å². The van der Waals surface area contributed by atoms with E-state index < -0.39 is 0 Å². The van der Waals surface area contributed by atoms with Gasteiger partial charge in [-0.05, 0) is 59.8 Å². The van der Waals surface area contributed by atoms with Crippen molar-refractivity contribution in [1.82, 2.24) is 0 Å². The minimum atomic E-state index is -0.182. The van der Waals surface area contributed by atoms with E-state index in [1.165, 1.54) is 74.5 Å². The third-order valence-electron chi connectivity index (χ3n) is 7.77. The number of ether oxygens (including phenoxy) is 1. The van der Waals surface area contributed by atoms with Gasteiger partial charge in [-0.25, -0.2) is 0 Å². The molecule has 34 heavy (non-hydrogen) atoms. The Morgan fingerprint density at radius 3 is 2.29 bits per heavy atom. The van der Waals surface area contributed by atoms with Crippen molar-refractivity contribution in [1.29, 1.82) is 0 Å². The van der Waals surface area contributed by atoms with Crippen LogP contribution in [0, 0.1) is 0 Å². The Labute approximate surface area is 209 Å². The first-order valence-electron chi connectivity index (χ1n) is 14.0. The molecule has 2 nitrogen and oxygen atoms in total. The number of aliphatic hydroxyl groups is 1. The zero-order chi connectivity index (χ0) is 24.2. The van der Waals surface area contributed by atoms with Crippen molar-refractivity contribution in [3.63, 3.8) is 0 Å². The molecule has 0 radical (unpaired) electrons. The van der Waals surface area contributed by atoms with E-state index in [4.69, 9.17) is 4.74 Å². The smallest absolute Gasteiger partial charge is 0.123 e. The predicted molar refractivity (Wildman–Crippen MR) is 145 cm³/mol. The molecule has 1 fully saturated rings. The van der Waals surface area contributed by atoms with E-state index in [9.17, 15) is 5.11 Å². The summed E-state index contributed by atoms with van der Waals surface area (Å²) in [4.78, 5) is 0. The number of benzene rings is 2. The van der Waals surface area contributed by atoms with Crippen LogP contribution in [0.15, 0.2) is 48.5 Å². The summed E-state index contributed by atoms with van der Waals surface area (Å²) in [7, 11) is 0. The zero-order valence-corrected chi connectivity index (χ0v) is 22.0. The molecule has 1 saturated carbocycles. The summed E-state index contributed by atoms with van der Waals surface area (Å²) in [6, 6.07) is 17.4. The lowest BCUT2D eigenvalue weighted by Crippen LogP contribution is -2.20. The molecule has 1 aliphatic carbocycles. The fourth-order valence-corrected chi connectivity index (χ4v) is 5.44. The van der Waals surface area contributed by atoms with Crippen LogP contribution >= 0.6 is 0 Å². The third-order valence-corrected chi connectivity index (χ3v) is 7.77. The van der Waals surface area contributed by atoms with Crippen molar-refractivity contribution in [2.45, 2.75) is 128 Å². The molecule has 188 valence electrons. The highest BCUT2D eigenvalue weighted by Crippen LogP contribution is 2.41. The van der Waals surface area contributed by atoms with Gasteiger partial charge in [-0.2, -0.15) is 0 Å². The van der Waals surface area contributed by atoms with E-state index in [1.807, 2.05) is 6.07 Å². The molecule has 3 rings (SSSR count). The maximum atomic E-state index is 10.3. The minimum Gasteiger partial charge on any atom is -0.489 e. The molecule has 2 aromatic rings. The Kier molecular flexibility index (Phi) is 11.0. The Morgan fingerprint density at radius 1 is 0.882 bits per heavy atom. The van der Waals surface area contributed by atoms with Gasteiger partial charge in [0.25, 0.3) is 0 Å². The maximum absolute atomic E-state index is 10.3. The van der Waals surface area contributed by atoms with Crippen molar-refractivity contribution in [3.05, 3.63) is 65.2 Å². The largest absolute Gasteiger partial charge is 0.489 e. The van der Waals surface area contributed by atoms with Gasteiger partial charge >= 0.3 is 0 Å². The Morgan fingerprint density at radius 2 is 1.59 bits per heavy atom. The van der Waals surface area contributed by atoms with Crippen molar-refractivity contribution in [2.75, 3.05) is 0 Å². The standard InChI is InChI=1S/C32H48O2/c1-4-5-6-7-8-9-10-14-22-32(2,3)28-20-21-30(27-18-15-19-29(33)23-27)31(24-28)34-25-26-16-12-11-13-17-26/h11-13,16-17,20-21,24,27,29,33H,4-10,14-15,18-19,22-23,25H2,1-3H3. The maximum Gasteiger partial charge on any atom is 0.123 e. The first-order valence-corrected chi connectivity index (χ1v) is 14.0. The first-order chi connectivity index (χ1) is 16.5. The van der Waals surface area contributed by atoms with E-state index in [-0.39, 0.29) is 11.5 Å². The average Bonchev–Trinajstić information content (AvgIpc) is 2.85. The molecule has 2 unspecified atom stereocenters. The third kappa shape index (κ3) is 8.45. The SMILES string of the molecule is CCCCCCCCCCC(C)(C)c1ccc(C2CCCC(O)C2)c(OCc2ccccc2)c1. The van der Waals surface area contributed by atoms with Crippen molar-refractivity contribution < 1.29 is 9.84 Å². The lowest BCUT2D eigenvalue weighted by Gasteiger charge is -2.30. The van der Waals surface area contributed by atoms with Crippen LogP contribution < -0.4 is 4.74 Å². The molecule has 2 atom stereocenters. The Balaban J connectivity index is 1.65. The molecule has 0 bridgehead atoms. The molecule has 2 heteroatoms. The second kappa shape index (κ2) is 13.9. The molecular weight excluding hydrogens is 416 g/mol. The molecule has 0 spiro atoms. The molecule has 0 amide bonds. The van der Waals surface area contributed by atoms with E-state index >= 15 is 0 Å². The lowest BCUT2D eigenvalue weighted by atomic mass is 9.77. The highest BCUT2D eigenvalue weighted by atomic mass is 16.5. The highest BCUT2D eigenvalue weighted by molar-refractivity contribution is 5.43.